The minimum Gasteiger partial charge on any atom is -0.476 e. The molecule has 0 saturated carbocycles. The zero-order valence-electron chi connectivity index (χ0n) is 22.5. The standard InChI is InChI=1S/C30H30N2O6S/c1-19-10-13-21(14-11-19)39(35,36)32-18-27(38-26-15-12-20(16-25(26)32)30(2,3)4)28(33)31-17-23(29(34)37-5)22-8-6-7-9-24(22)31/h6-17,27H,18H2,1-5H3/t27-/m0/s1. The number of sulfonamides is 1. The van der Waals surface area contributed by atoms with Crippen LogP contribution in [0.5, 0.6) is 5.75 Å². The van der Waals surface area contributed by atoms with Crippen LogP contribution in [-0.2, 0) is 20.2 Å². The summed E-state index contributed by atoms with van der Waals surface area (Å²) in [6.45, 7) is 7.77. The van der Waals surface area contributed by atoms with Crippen molar-refractivity contribution in [3.63, 3.8) is 0 Å². The number of benzene rings is 3. The Bertz CT molecular complexity index is 1700. The fraction of sp³-hybridized carbons (Fsp3) is 0.267. The van der Waals surface area contributed by atoms with Gasteiger partial charge in [0, 0.05) is 11.6 Å². The molecule has 1 aliphatic rings. The molecule has 39 heavy (non-hydrogen) atoms. The normalized spacial score (nSPS) is 15.5. The number of carbonyl (C=O) groups is 2. The molecule has 5 rings (SSSR count). The van der Waals surface area contributed by atoms with E-state index in [1.54, 1.807) is 54.6 Å². The Kier molecular flexibility index (Phi) is 6.50. The number of carbonyl (C=O) groups excluding carboxylic acids is 2. The lowest BCUT2D eigenvalue weighted by Gasteiger charge is -2.36. The molecule has 0 amide bonds. The van der Waals surface area contributed by atoms with Gasteiger partial charge >= 0.3 is 5.97 Å². The van der Waals surface area contributed by atoms with E-state index in [0.29, 0.717) is 16.6 Å². The third-order valence-corrected chi connectivity index (χ3v) is 8.73. The summed E-state index contributed by atoms with van der Waals surface area (Å²) in [5.74, 6) is -0.796. The number of hydrogen-bond acceptors (Lipinski definition) is 6. The van der Waals surface area contributed by atoms with Crippen LogP contribution in [0.25, 0.3) is 10.9 Å². The van der Waals surface area contributed by atoms with E-state index < -0.39 is 28.0 Å². The molecular weight excluding hydrogens is 516 g/mol. The van der Waals surface area contributed by atoms with Crippen LogP contribution in [0.2, 0.25) is 0 Å². The van der Waals surface area contributed by atoms with Gasteiger partial charge in [-0.25, -0.2) is 13.2 Å². The van der Waals surface area contributed by atoms with Gasteiger partial charge in [-0.15, -0.1) is 0 Å². The van der Waals surface area contributed by atoms with Crippen LogP contribution in [-0.4, -0.2) is 44.6 Å². The van der Waals surface area contributed by atoms with Gasteiger partial charge in [0.1, 0.15) is 5.75 Å². The second-order valence-corrected chi connectivity index (χ2v) is 12.5. The van der Waals surface area contributed by atoms with Crippen LogP contribution >= 0.6 is 0 Å². The first-order valence-electron chi connectivity index (χ1n) is 12.5. The van der Waals surface area contributed by atoms with Gasteiger partial charge in [-0.1, -0.05) is 62.7 Å². The summed E-state index contributed by atoms with van der Waals surface area (Å²) in [4.78, 5) is 26.4. The van der Waals surface area contributed by atoms with E-state index in [9.17, 15) is 18.0 Å². The number of aromatic nitrogens is 1. The van der Waals surface area contributed by atoms with E-state index in [2.05, 4.69) is 0 Å². The SMILES string of the molecule is COC(=O)c1cn(C(=O)[C@@H]2CN(S(=O)(=O)c3ccc(C)cc3)c3cc(C(C)(C)C)ccc3O2)c2ccccc12. The highest BCUT2D eigenvalue weighted by atomic mass is 32.2. The lowest BCUT2D eigenvalue weighted by molar-refractivity contribution is 0.0602. The number of esters is 1. The lowest BCUT2D eigenvalue weighted by Crippen LogP contribution is -2.48. The predicted molar refractivity (Wildman–Crippen MR) is 149 cm³/mol. The second kappa shape index (κ2) is 9.57. The van der Waals surface area contributed by atoms with Crippen molar-refractivity contribution < 1.29 is 27.5 Å². The third kappa shape index (κ3) is 4.67. The van der Waals surface area contributed by atoms with E-state index >= 15 is 0 Å². The molecule has 1 aliphatic heterocycles. The van der Waals surface area contributed by atoms with Crippen LogP contribution in [0.4, 0.5) is 5.69 Å². The first-order chi connectivity index (χ1) is 18.4. The number of para-hydroxylation sites is 1. The molecule has 2 heterocycles. The number of anilines is 1. The van der Waals surface area contributed by atoms with Crippen molar-refractivity contribution in [2.45, 2.75) is 44.1 Å². The Morgan fingerprint density at radius 2 is 1.69 bits per heavy atom. The molecule has 0 saturated heterocycles. The zero-order chi connectivity index (χ0) is 28.1. The van der Waals surface area contributed by atoms with Crippen molar-refractivity contribution in [3.05, 3.63) is 89.6 Å². The molecule has 8 nitrogen and oxygen atoms in total. The predicted octanol–water partition coefficient (Wildman–Crippen LogP) is 5.33. The second-order valence-electron chi connectivity index (χ2n) is 10.6. The fourth-order valence-corrected chi connectivity index (χ4v) is 6.17. The van der Waals surface area contributed by atoms with E-state index in [0.717, 1.165) is 11.1 Å². The first kappa shape index (κ1) is 26.5. The monoisotopic (exact) mass is 546 g/mol. The van der Waals surface area contributed by atoms with Gasteiger partial charge < -0.3 is 9.47 Å². The maximum Gasteiger partial charge on any atom is 0.340 e. The Balaban J connectivity index is 1.63. The Labute approximate surface area is 227 Å². The summed E-state index contributed by atoms with van der Waals surface area (Å²) in [6.07, 6.45) is 0.249. The van der Waals surface area contributed by atoms with Crippen LogP contribution in [0.1, 0.15) is 47.1 Å². The average molecular weight is 547 g/mol. The van der Waals surface area contributed by atoms with Crippen LogP contribution < -0.4 is 9.04 Å². The third-order valence-electron chi connectivity index (χ3n) is 6.93. The van der Waals surface area contributed by atoms with Crippen molar-refractivity contribution in [2.24, 2.45) is 0 Å². The number of hydrogen-bond donors (Lipinski definition) is 0. The van der Waals surface area contributed by atoms with Crippen LogP contribution in [0.3, 0.4) is 0 Å². The fourth-order valence-electron chi connectivity index (χ4n) is 4.70. The molecule has 0 N–H and O–H groups in total. The smallest absolute Gasteiger partial charge is 0.340 e. The van der Waals surface area contributed by atoms with Crippen LogP contribution in [0.15, 0.2) is 77.8 Å². The minimum atomic E-state index is -4.04. The van der Waals surface area contributed by atoms with Crippen LogP contribution in [0, 0.1) is 6.92 Å². The topological polar surface area (TPSA) is 94.9 Å². The number of aryl methyl sites for hydroxylation is 1. The average Bonchev–Trinajstić information content (AvgIpc) is 3.30. The van der Waals surface area contributed by atoms with Crippen molar-refractivity contribution in [1.29, 1.82) is 0 Å². The van der Waals surface area contributed by atoms with E-state index in [-0.39, 0.29) is 28.2 Å². The molecule has 0 spiro atoms. The van der Waals surface area contributed by atoms with Crippen molar-refractivity contribution in [3.8, 4) is 5.75 Å². The van der Waals surface area contributed by atoms with Gasteiger partial charge in [-0.2, -0.15) is 0 Å². The number of fused-ring (bicyclic) bond motifs is 2. The van der Waals surface area contributed by atoms with Gasteiger partial charge in [0.25, 0.3) is 15.9 Å². The molecule has 0 aliphatic carbocycles. The lowest BCUT2D eigenvalue weighted by atomic mass is 9.86. The summed E-state index contributed by atoms with van der Waals surface area (Å²) in [5.41, 5.74) is 2.72. The van der Waals surface area contributed by atoms with Gasteiger partial charge in [-0.3, -0.25) is 13.7 Å². The molecule has 0 bridgehead atoms. The Morgan fingerprint density at radius 1 is 1.00 bits per heavy atom. The molecule has 0 fully saturated rings. The van der Waals surface area contributed by atoms with Gasteiger partial charge in [0.15, 0.2) is 6.10 Å². The highest BCUT2D eigenvalue weighted by Gasteiger charge is 2.39. The number of rotatable bonds is 4. The molecule has 202 valence electrons. The zero-order valence-corrected chi connectivity index (χ0v) is 23.3. The Hall–Kier alpha value is -4.11. The molecule has 1 aromatic heterocycles. The molecule has 3 aromatic carbocycles. The highest BCUT2D eigenvalue weighted by Crippen LogP contribution is 2.40. The largest absolute Gasteiger partial charge is 0.476 e. The molecule has 1 atom stereocenters. The molecular formula is C30H30N2O6S. The van der Waals surface area contributed by atoms with E-state index in [1.807, 2.05) is 39.8 Å². The number of nitrogens with zero attached hydrogens (tertiary/aromatic N) is 2. The molecule has 0 radical (unpaired) electrons. The highest BCUT2D eigenvalue weighted by molar-refractivity contribution is 7.92. The first-order valence-corrected chi connectivity index (χ1v) is 14.0. The summed E-state index contributed by atoms with van der Waals surface area (Å²) >= 11 is 0. The van der Waals surface area contributed by atoms with Gasteiger partial charge in [0.05, 0.1) is 35.3 Å². The van der Waals surface area contributed by atoms with Crippen molar-refractivity contribution in [2.75, 3.05) is 18.0 Å². The summed E-state index contributed by atoms with van der Waals surface area (Å²) in [7, 11) is -2.77. The maximum absolute atomic E-state index is 14.0. The molecule has 0 unspecified atom stereocenters. The molecule has 4 aromatic rings. The number of ether oxygens (including phenoxy) is 2. The number of methoxy groups -OCH3 is 1. The molecule has 9 heteroatoms. The maximum atomic E-state index is 14.0. The summed E-state index contributed by atoms with van der Waals surface area (Å²) in [5, 5.41) is 0.549. The van der Waals surface area contributed by atoms with E-state index in [4.69, 9.17) is 9.47 Å². The minimum absolute atomic E-state index is 0.118. The van der Waals surface area contributed by atoms with Gasteiger partial charge in [-0.05, 0) is 48.2 Å². The quantitative estimate of drug-likeness (QED) is 0.321. The van der Waals surface area contributed by atoms with E-state index in [1.165, 1.54) is 22.2 Å². The van der Waals surface area contributed by atoms with Crippen molar-refractivity contribution >= 4 is 38.5 Å². The summed E-state index contributed by atoms with van der Waals surface area (Å²) in [6, 6.07) is 19.0. The summed E-state index contributed by atoms with van der Waals surface area (Å²) < 4.78 is 41.6. The van der Waals surface area contributed by atoms with Crippen molar-refractivity contribution in [1.82, 2.24) is 4.57 Å². The Morgan fingerprint density at radius 3 is 2.36 bits per heavy atom. The van der Waals surface area contributed by atoms with Gasteiger partial charge in [0.2, 0.25) is 0 Å².